The first-order valence-electron chi connectivity index (χ1n) is 9.92. The zero-order chi connectivity index (χ0) is 16.3. The van der Waals surface area contributed by atoms with Gasteiger partial charge < -0.3 is 0 Å². The van der Waals surface area contributed by atoms with Crippen molar-refractivity contribution in [1.82, 2.24) is 0 Å². The molecule has 0 aromatic heterocycles. The molecule has 0 saturated heterocycles. The summed E-state index contributed by atoms with van der Waals surface area (Å²) < 4.78 is 15.4. The Morgan fingerprint density at radius 3 is 1.58 bits per heavy atom. The lowest BCUT2D eigenvalue weighted by molar-refractivity contribution is 0.325. The van der Waals surface area contributed by atoms with E-state index in [1.54, 1.807) is 0 Å². The predicted octanol–water partition coefficient (Wildman–Crippen LogP) is 6.94. The van der Waals surface area contributed by atoms with E-state index in [1.807, 2.05) is 0 Å². The van der Waals surface area contributed by atoms with Crippen LogP contribution in [-0.4, -0.2) is 0 Å². The molecule has 0 rings (SSSR count). The highest BCUT2D eigenvalue weighted by Crippen LogP contribution is 2.25. The molecule has 0 spiro atoms. The van der Waals surface area contributed by atoms with Crippen LogP contribution >= 0.6 is 0 Å². The van der Waals surface area contributed by atoms with Gasteiger partial charge in [-0.3, -0.25) is 0 Å². The van der Waals surface area contributed by atoms with Crippen molar-refractivity contribution in [3.63, 3.8) is 0 Å². The van der Waals surface area contributed by atoms with Crippen molar-refractivity contribution in [2.45, 2.75) is 93.4 Å². The SMILES string of the molecule is [2H]CC(CCC(C)CCC(C[2H])CC(C)CC)CC(C)C. The van der Waals surface area contributed by atoms with Gasteiger partial charge in [-0.1, -0.05) is 80.5 Å². The van der Waals surface area contributed by atoms with E-state index in [2.05, 4.69) is 34.6 Å². The second-order valence-corrected chi connectivity index (χ2v) is 7.37. The summed E-state index contributed by atoms with van der Waals surface area (Å²) >= 11 is 0. The highest BCUT2D eigenvalue weighted by atomic mass is 14.2. The van der Waals surface area contributed by atoms with Crippen LogP contribution in [0.2, 0.25) is 0 Å². The molecule has 0 nitrogen and oxygen atoms in total. The van der Waals surface area contributed by atoms with Gasteiger partial charge in [0.1, 0.15) is 0 Å². The average molecular weight is 271 g/mol. The molecule has 0 aromatic carbocycles. The molecule has 0 aliphatic heterocycles. The van der Waals surface area contributed by atoms with Gasteiger partial charge in [0.2, 0.25) is 0 Å². The van der Waals surface area contributed by atoms with Gasteiger partial charge in [0, 0.05) is 2.74 Å². The van der Waals surface area contributed by atoms with Gasteiger partial charge in [-0.05, 0) is 42.4 Å². The van der Waals surface area contributed by atoms with Crippen molar-refractivity contribution in [3.05, 3.63) is 0 Å². The maximum atomic E-state index is 7.72. The Bertz CT molecular complexity index is 228. The van der Waals surface area contributed by atoms with E-state index in [0.717, 1.165) is 17.8 Å². The first kappa shape index (κ1) is 15.4. The molecular formula is C19H40. The summed E-state index contributed by atoms with van der Waals surface area (Å²) in [5, 5.41) is 0. The fourth-order valence-electron chi connectivity index (χ4n) is 2.82. The third-order valence-electron chi connectivity index (χ3n) is 4.37. The maximum absolute atomic E-state index is 7.72. The molecule has 0 saturated carbocycles. The van der Waals surface area contributed by atoms with Crippen LogP contribution in [0.4, 0.5) is 0 Å². The molecule has 19 heavy (non-hydrogen) atoms. The van der Waals surface area contributed by atoms with Gasteiger partial charge in [0.05, 0.1) is 0 Å². The Morgan fingerprint density at radius 1 is 0.684 bits per heavy atom. The molecule has 0 aromatic rings. The Kier molecular flexibility index (Phi) is 8.71. The largest absolute Gasteiger partial charge is 0.0651 e. The lowest BCUT2D eigenvalue weighted by atomic mass is 9.86. The van der Waals surface area contributed by atoms with Crippen molar-refractivity contribution in [3.8, 4) is 0 Å². The minimum atomic E-state index is 0.592. The summed E-state index contributed by atoms with van der Waals surface area (Å²) in [6.07, 6.45) is 8.67. The molecule has 0 heterocycles. The predicted molar refractivity (Wildman–Crippen MR) is 89.5 cm³/mol. The van der Waals surface area contributed by atoms with Crippen LogP contribution in [-0.2, 0) is 0 Å². The summed E-state index contributed by atoms with van der Waals surface area (Å²) in [5.41, 5.74) is 0. The lowest BCUT2D eigenvalue weighted by Gasteiger charge is -2.20. The summed E-state index contributed by atoms with van der Waals surface area (Å²) in [7, 11) is 0. The monoisotopic (exact) mass is 270 g/mol. The molecule has 0 fully saturated rings. The molecular weight excluding hydrogens is 228 g/mol. The van der Waals surface area contributed by atoms with E-state index in [0.29, 0.717) is 25.6 Å². The molecule has 0 aliphatic carbocycles. The molecule has 0 heteroatoms. The molecule has 116 valence electrons. The Morgan fingerprint density at radius 2 is 1.16 bits per heavy atom. The summed E-state index contributed by atoms with van der Waals surface area (Å²) in [5.74, 6) is 3.45. The van der Waals surface area contributed by atoms with Crippen LogP contribution in [0.15, 0.2) is 0 Å². The van der Waals surface area contributed by atoms with E-state index in [-0.39, 0.29) is 0 Å². The van der Waals surface area contributed by atoms with Gasteiger partial charge >= 0.3 is 0 Å². The fraction of sp³-hybridized carbons (Fsp3) is 1.00. The van der Waals surface area contributed by atoms with Crippen molar-refractivity contribution < 1.29 is 2.74 Å². The van der Waals surface area contributed by atoms with Crippen molar-refractivity contribution >= 4 is 0 Å². The zero-order valence-corrected chi connectivity index (χ0v) is 14.3. The summed E-state index contributed by atoms with van der Waals surface area (Å²) in [6.45, 7) is 12.6. The topological polar surface area (TPSA) is 0 Å². The van der Waals surface area contributed by atoms with Gasteiger partial charge in [-0.25, -0.2) is 0 Å². The van der Waals surface area contributed by atoms with Crippen molar-refractivity contribution in [2.75, 3.05) is 0 Å². The molecule has 4 atom stereocenters. The lowest BCUT2D eigenvalue weighted by Crippen LogP contribution is -2.07. The van der Waals surface area contributed by atoms with E-state index in [1.165, 1.54) is 44.9 Å². The molecule has 4 unspecified atom stereocenters. The van der Waals surface area contributed by atoms with Crippen LogP contribution in [0.5, 0.6) is 0 Å². The second kappa shape index (κ2) is 10.7. The number of hydrogen-bond acceptors (Lipinski definition) is 0. The zero-order valence-electron chi connectivity index (χ0n) is 16.3. The van der Waals surface area contributed by atoms with Crippen LogP contribution < -0.4 is 0 Å². The Hall–Kier alpha value is 0. The average Bonchev–Trinajstić information content (AvgIpc) is 2.46. The van der Waals surface area contributed by atoms with Gasteiger partial charge in [-0.15, -0.1) is 0 Å². The number of rotatable bonds is 11. The standard InChI is InChI=1S/C19H40/c1-8-16(4)14-19(7)12-10-17(5)9-11-18(6)13-15(2)3/h15-19H,8-14H2,1-7H3/i6D,7D. The maximum Gasteiger partial charge on any atom is 0.0233 e. The van der Waals surface area contributed by atoms with E-state index in [9.17, 15) is 0 Å². The van der Waals surface area contributed by atoms with Crippen LogP contribution in [0.3, 0.4) is 0 Å². The number of hydrogen-bond donors (Lipinski definition) is 0. The van der Waals surface area contributed by atoms with E-state index < -0.39 is 0 Å². The minimum Gasteiger partial charge on any atom is -0.0651 e. The van der Waals surface area contributed by atoms with Crippen molar-refractivity contribution in [1.29, 1.82) is 0 Å². The Labute approximate surface area is 126 Å². The first-order chi connectivity index (χ1) is 9.92. The molecule has 0 N–H and O–H groups in total. The highest BCUT2D eigenvalue weighted by Gasteiger charge is 2.11. The molecule has 0 radical (unpaired) electrons. The van der Waals surface area contributed by atoms with Gasteiger partial charge in [0.25, 0.3) is 0 Å². The normalized spacial score (nSPS) is 19.7. The molecule has 0 amide bonds. The summed E-state index contributed by atoms with van der Waals surface area (Å²) in [6, 6.07) is 0. The van der Waals surface area contributed by atoms with Crippen LogP contribution in [0, 0.1) is 29.6 Å². The van der Waals surface area contributed by atoms with Crippen molar-refractivity contribution in [2.24, 2.45) is 29.6 Å². The molecule has 0 bridgehead atoms. The van der Waals surface area contributed by atoms with E-state index in [4.69, 9.17) is 2.74 Å². The smallest absolute Gasteiger partial charge is 0.0233 e. The second-order valence-electron chi connectivity index (χ2n) is 7.37. The fourth-order valence-corrected chi connectivity index (χ4v) is 2.82. The summed E-state index contributed by atoms with van der Waals surface area (Å²) in [4.78, 5) is 0. The third kappa shape index (κ3) is 11.5. The van der Waals surface area contributed by atoms with Gasteiger partial charge in [0.15, 0.2) is 0 Å². The molecule has 0 aliphatic rings. The first-order valence-corrected chi connectivity index (χ1v) is 8.51. The van der Waals surface area contributed by atoms with E-state index >= 15 is 0 Å². The van der Waals surface area contributed by atoms with Gasteiger partial charge in [-0.2, -0.15) is 0 Å². The van der Waals surface area contributed by atoms with Crippen LogP contribution in [0.25, 0.3) is 0 Å². The minimum absolute atomic E-state index is 0.592. The quantitative estimate of drug-likeness (QED) is 0.381. The Balaban J connectivity index is 3.93. The third-order valence-corrected chi connectivity index (χ3v) is 4.37. The van der Waals surface area contributed by atoms with Crippen LogP contribution in [0.1, 0.15) is 96.1 Å². The highest BCUT2D eigenvalue weighted by molar-refractivity contribution is 4.64.